The van der Waals surface area contributed by atoms with Crippen molar-refractivity contribution < 1.29 is 0 Å². The Morgan fingerprint density at radius 2 is 1.62 bits per heavy atom. The van der Waals surface area contributed by atoms with Gasteiger partial charge in [0.15, 0.2) is 0 Å². The molecule has 0 amide bonds. The molecule has 0 atom stereocenters. The lowest BCUT2D eigenvalue weighted by Gasteiger charge is -2.34. The van der Waals surface area contributed by atoms with Crippen molar-refractivity contribution in [1.29, 1.82) is 0 Å². The molecule has 3 aromatic rings. The molecule has 0 aliphatic carbocycles. The minimum atomic E-state index is 0.841. The van der Waals surface area contributed by atoms with E-state index in [4.69, 9.17) is 0 Å². The van der Waals surface area contributed by atoms with Crippen molar-refractivity contribution in [3.05, 3.63) is 54.9 Å². The SMILES string of the molecule is CN1CCN(c2ccc(Nc3ncnc4ccccc34)cc2)CC1. The fourth-order valence-corrected chi connectivity index (χ4v) is 3.06. The molecular formula is C19H21N5. The molecule has 24 heavy (non-hydrogen) atoms. The second-order valence-electron chi connectivity index (χ2n) is 6.20. The first-order chi connectivity index (χ1) is 11.8. The van der Waals surface area contributed by atoms with Gasteiger partial charge in [-0.15, -0.1) is 0 Å². The summed E-state index contributed by atoms with van der Waals surface area (Å²) in [6, 6.07) is 16.6. The van der Waals surface area contributed by atoms with Crippen molar-refractivity contribution in [2.75, 3.05) is 43.4 Å². The maximum absolute atomic E-state index is 4.38. The quantitative estimate of drug-likeness (QED) is 0.803. The number of rotatable bonds is 3. The zero-order valence-electron chi connectivity index (χ0n) is 13.8. The minimum absolute atomic E-state index is 0.841. The predicted molar refractivity (Wildman–Crippen MR) is 99.0 cm³/mol. The van der Waals surface area contributed by atoms with Gasteiger partial charge in [0.1, 0.15) is 12.1 Å². The number of nitrogens with zero attached hydrogens (tertiary/aromatic N) is 4. The second-order valence-corrected chi connectivity index (χ2v) is 6.20. The lowest BCUT2D eigenvalue weighted by Crippen LogP contribution is -2.44. The largest absolute Gasteiger partial charge is 0.369 e. The van der Waals surface area contributed by atoms with Gasteiger partial charge in [-0.05, 0) is 43.4 Å². The fourth-order valence-electron chi connectivity index (χ4n) is 3.06. The average molecular weight is 319 g/mol. The van der Waals surface area contributed by atoms with E-state index in [1.165, 1.54) is 5.69 Å². The number of aromatic nitrogens is 2. The highest BCUT2D eigenvalue weighted by molar-refractivity contribution is 5.90. The second kappa shape index (κ2) is 6.45. The first-order valence-electron chi connectivity index (χ1n) is 8.30. The van der Waals surface area contributed by atoms with E-state index in [0.29, 0.717) is 0 Å². The van der Waals surface area contributed by atoms with Gasteiger partial charge in [-0.3, -0.25) is 0 Å². The Hall–Kier alpha value is -2.66. The van der Waals surface area contributed by atoms with Crippen molar-refractivity contribution in [3.63, 3.8) is 0 Å². The third-order valence-corrected chi connectivity index (χ3v) is 4.54. The van der Waals surface area contributed by atoms with Gasteiger partial charge in [0.05, 0.1) is 5.52 Å². The number of nitrogens with one attached hydrogen (secondary N) is 1. The molecular weight excluding hydrogens is 298 g/mol. The number of likely N-dealkylation sites (N-methyl/N-ethyl adjacent to an activating group) is 1. The summed E-state index contributed by atoms with van der Waals surface area (Å²) >= 11 is 0. The first kappa shape index (κ1) is 14.9. The summed E-state index contributed by atoms with van der Waals surface area (Å²) < 4.78 is 0. The summed E-state index contributed by atoms with van der Waals surface area (Å²) in [5.41, 5.74) is 3.27. The molecule has 0 unspecified atom stereocenters. The van der Waals surface area contributed by atoms with Crippen molar-refractivity contribution in [2.24, 2.45) is 0 Å². The molecule has 0 spiro atoms. The lowest BCUT2D eigenvalue weighted by atomic mass is 10.2. The van der Waals surface area contributed by atoms with Gasteiger partial charge in [0.2, 0.25) is 0 Å². The van der Waals surface area contributed by atoms with Gasteiger partial charge in [0.25, 0.3) is 0 Å². The molecule has 0 radical (unpaired) electrons. The van der Waals surface area contributed by atoms with E-state index in [9.17, 15) is 0 Å². The Morgan fingerprint density at radius 1 is 0.875 bits per heavy atom. The molecule has 5 nitrogen and oxygen atoms in total. The molecule has 2 aromatic carbocycles. The molecule has 1 saturated heterocycles. The predicted octanol–water partition coefficient (Wildman–Crippen LogP) is 3.13. The van der Waals surface area contributed by atoms with Crippen molar-refractivity contribution in [1.82, 2.24) is 14.9 Å². The number of fused-ring (bicyclic) bond motifs is 1. The summed E-state index contributed by atoms with van der Waals surface area (Å²) in [6.07, 6.45) is 1.60. The molecule has 4 rings (SSSR count). The Kier molecular flexibility index (Phi) is 4.01. The third-order valence-electron chi connectivity index (χ3n) is 4.54. The van der Waals surface area contributed by atoms with E-state index < -0.39 is 0 Å². The van der Waals surface area contributed by atoms with Crippen LogP contribution in [0.4, 0.5) is 17.2 Å². The summed E-state index contributed by atoms with van der Waals surface area (Å²) in [7, 11) is 2.18. The van der Waals surface area contributed by atoms with Crippen LogP contribution in [0.3, 0.4) is 0 Å². The summed E-state index contributed by atoms with van der Waals surface area (Å²) in [4.78, 5) is 13.5. The third kappa shape index (κ3) is 3.03. The van der Waals surface area contributed by atoms with Crippen molar-refractivity contribution in [2.45, 2.75) is 0 Å². The normalized spacial score (nSPS) is 15.6. The van der Waals surface area contributed by atoms with E-state index in [0.717, 1.165) is 48.6 Å². The molecule has 122 valence electrons. The molecule has 5 heteroatoms. The van der Waals surface area contributed by atoms with Crippen LogP contribution in [-0.2, 0) is 0 Å². The molecule has 0 bridgehead atoms. The number of hydrogen-bond acceptors (Lipinski definition) is 5. The molecule has 1 fully saturated rings. The molecule has 1 aliphatic rings. The molecule has 0 saturated carbocycles. The average Bonchev–Trinajstić information content (AvgIpc) is 2.63. The number of para-hydroxylation sites is 1. The molecule has 1 aromatic heterocycles. The zero-order chi connectivity index (χ0) is 16.4. The maximum Gasteiger partial charge on any atom is 0.141 e. The molecule has 2 heterocycles. The Balaban J connectivity index is 1.53. The number of hydrogen-bond donors (Lipinski definition) is 1. The summed E-state index contributed by atoms with van der Waals surface area (Å²) in [5, 5.41) is 4.44. The molecule has 1 N–H and O–H groups in total. The number of anilines is 3. The number of benzene rings is 2. The standard InChI is InChI=1S/C19H21N5/c1-23-10-12-24(13-11-23)16-8-6-15(7-9-16)22-19-17-4-2-3-5-18(17)20-14-21-19/h2-9,14H,10-13H2,1H3,(H,20,21,22). The monoisotopic (exact) mass is 319 g/mol. The van der Waals surface area contributed by atoms with Crippen LogP contribution >= 0.6 is 0 Å². The zero-order valence-corrected chi connectivity index (χ0v) is 13.8. The van der Waals surface area contributed by atoms with Crippen LogP contribution in [0, 0.1) is 0 Å². The van der Waals surface area contributed by atoms with Gasteiger partial charge in [-0.1, -0.05) is 12.1 Å². The van der Waals surface area contributed by atoms with Gasteiger partial charge in [0, 0.05) is 42.9 Å². The summed E-state index contributed by atoms with van der Waals surface area (Å²) in [5.74, 6) is 0.841. The lowest BCUT2D eigenvalue weighted by molar-refractivity contribution is 0.313. The van der Waals surface area contributed by atoms with E-state index in [2.05, 4.69) is 56.4 Å². The highest BCUT2D eigenvalue weighted by Gasteiger charge is 2.14. The van der Waals surface area contributed by atoms with Crippen LogP contribution in [-0.4, -0.2) is 48.1 Å². The smallest absolute Gasteiger partial charge is 0.141 e. The van der Waals surface area contributed by atoms with Crippen LogP contribution in [0.1, 0.15) is 0 Å². The maximum atomic E-state index is 4.38. The van der Waals surface area contributed by atoms with E-state index >= 15 is 0 Å². The van der Waals surface area contributed by atoms with Gasteiger partial charge in [-0.25, -0.2) is 9.97 Å². The van der Waals surface area contributed by atoms with Crippen LogP contribution in [0.15, 0.2) is 54.9 Å². The Morgan fingerprint density at radius 3 is 2.42 bits per heavy atom. The van der Waals surface area contributed by atoms with E-state index in [1.807, 2.05) is 24.3 Å². The fraction of sp³-hybridized carbons (Fsp3) is 0.263. The number of piperazine rings is 1. The van der Waals surface area contributed by atoms with Crippen LogP contribution in [0.5, 0.6) is 0 Å². The highest BCUT2D eigenvalue weighted by Crippen LogP contribution is 2.25. The minimum Gasteiger partial charge on any atom is -0.369 e. The Bertz CT molecular complexity index is 817. The Labute approximate surface area is 141 Å². The van der Waals surface area contributed by atoms with E-state index in [-0.39, 0.29) is 0 Å². The van der Waals surface area contributed by atoms with E-state index in [1.54, 1.807) is 6.33 Å². The van der Waals surface area contributed by atoms with Gasteiger partial charge in [-0.2, -0.15) is 0 Å². The van der Waals surface area contributed by atoms with Crippen molar-refractivity contribution >= 4 is 28.1 Å². The molecule has 1 aliphatic heterocycles. The summed E-state index contributed by atoms with van der Waals surface area (Å²) in [6.45, 7) is 4.40. The highest BCUT2D eigenvalue weighted by atomic mass is 15.2. The van der Waals surface area contributed by atoms with Gasteiger partial charge >= 0.3 is 0 Å². The van der Waals surface area contributed by atoms with Gasteiger partial charge < -0.3 is 15.1 Å². The first-order valence-corrected chi connectivity index (χ1v) is 8.30. The van der Waals surface area contributed by atoms with Crippen LogP contribution < -0.4 is 10.2 Å². The van der Waals surface area contributed by atoms with Crippen LogP contribution in [0.25, 0.3) is 10.9 Å². The topological polar surface area (TPSA) is 44.3 Å². The van der Waals surface area contributed by atoms with Crippen molar-refractivity contribution in [3.8, 4) is 0 Å². The van der Waals surface area contributed by atoms with Crippen LogP contribution in [0.2, 0.25) is 0 Å².